The summed E-state index contributed by atoms with van der Waals surface area (Å²) in [7, 11) is 8.71. The van der Waals surface area contributed by atoms with Gasteiger partial charge in [0.1, 0.15) is 59.9 Å². The molecule has 0 radical (unpaired) electrons. The molecule has 0 bridgehead atoms. The molecule has 0 aromatic rings. The van der Waals surface area contributed by atoms with Gasteiger partial charge in [-0.1, -0.05) is 98.8 Å². The third kappa shape index (κ3) is 18.9. The van der Waals surface area contributed by atoms with E-state index in [9.17, 15) is 51.5 Å². The number of halogens is 4. The van der Waals surface area contributed by atoms with Crippen LogP contribution in [0.1, 0.15) is 208 Å². The number of likely N-dealkylation sites (tertiary alicyclic amines) is 1. The van der Waals surface area contributed by atoms with Gasteiger partial charge in [-0.25, -0.2) is 0 Å². The van der Waals surface area contributed by atoms with Gasteiger partial charge in [-0.3, -0.25) is 57.5 Å². The Labute approximate surface area is 595 Å². The average Bonchev–Trinajstić information content (AvgIpc) is 1.10. The van der Waals surface area contributed by atoms with E-state index in [1.807, 2.05) is 20.8 Å². The summed E-state index contributed by atoms with van der Waals surface area (Å²) in [6.07, 6.45) is 5.45. The van der Waals surface area contributed by atoms with E-state index in [0.29, 0.717) is 64.5 Å². The van der Waals surface area contributed by atoms with Gasteiger partial charge in [0, 0.05) is 73.8 Å². The number of rotatable bonds is 12. The Balaban J connectivity index is 1.27. The summed E-state index contributed by atoms with van der Waals surface area (Å²) in [6, 6.07) is -10.7. The van der Waals surface area contributed by atoms with E-state index in [4.69, 9.17) is 11.6 Å². The van der Waals surface area contributed by atoms with E-state index >= 15 is 19.2 Å². The summed E-state index contributed by atoms with van der Waals surface area (Å²) >= 11 is 6.41. The number of hydrogen-bond acceptors (Lipinski definition) is 12. The van der Waals surface area contributed by atoms with Gasteiger partial charge in [-0.15, -0.1) is 11.6 Å². The molecule has 1 spiro atoms. The molecule has 4 saturated heterocycles. The highest BCUT2D eigenvalue weighted by molar-refractivity contribution is 6.21. The van der Waals surface area contributed by atoms with Crippen molar-refractivity contribution in [2.75, 3.05) is 75.0 Å². The quantitative estimate of drug-likeness (QED) is 0.184. The summed E-state index contributed by atoms with van der Waals surface area (Å²) in [4.78, 5) is 192. The second kappa shape index (κ2) is 35.7. The lowest BCUT2D eigenvalue weighted by atomic mass is 9.78. The molecule has 100 heavy (non-hydrogen) atoms. The van der Waals surface area contributed by atoms with Crippen LogP contribution >= 0.6 is 11.6 Å². The monoisotopic (exact) mass is 1430 g/mol. The molecule has 28 heteroatoms. The number of nitrogens with one attached hydrogen (secondary N) is 3. The van der Waals surface area contributed by atoms with Crippen LogP contribution in [0.2, 0.25) is 0 Å². The zero-order valence-electron chi connectivity index (χ0n) is 61.5. The molecule has 3 saturated carbocycles. The molecule has 7 rings (SSSR count). The van der Waals surface area contributed by atoms with Gasteiger partial charge in [0.25, 0.3) is 0 Å². The van der Waals surface area contributed by atoms with Crippen molar-refractivity contribution in [3.8, 4) is 0 Å². The minimum Gasteiger partial charge on any atom is -0.343 e. The standard InChI is InChI=1S/C72H116ClF3N12O12/c1-13-25-52-61(91)78-59(44(4)14-2)68(98)81(8)46(6)63(93)88-39-33-54(88)66(96)83(10)55(41-47-26-18-16-19-27-47)65(95)80(7)43-57(89)77-51(32-30-48-29-31-49(50(73)40-48)72(74,75)76)64(94)87-38-24-28-53(87)62(92)79-71(34-20-21-35-71)70(100)85(12)60(45(5)15-3)69(99)84(11)56(42-58(90)82(52)9)67(97)86-36-22-17-23-37-86/h44-56,59-60H,13-43H2,1-12H3,(H,77,89)(H,78,91)(H,79,92)/t44-,45-,46-,48?,49?,50?,51-,52-,53-,54-,55-,56-,59-,60-/m0/s1. The van der Waals surface area contributed by atoms with E-state index in [0.717, 1.165) is 38.5 Å². The summed E-state index contributed by atoms with van der Waals surface area (Å²) in [6.45, 7) is 11.0. The number of nitrogens with zero attached hydrogens (tertiary/aromatic N) is 9. The van der Waals surface area contributed by atoms with E-state index in [-0.39, 0.29) is 95.6 Å². The number of carbonyl (C=O) groups excluding carboxylic acids is 12. The van der Waals surface area contributed by atoms with Gasteiger partial charge in [0.2, 0.25) is 70.9 Å². The normalized spacial score (nSPS) is 31.2. The summed E-state index contributed by atoms with van der Waals surface area (Å²) in [5.74, 6) is -10.4. The van der Waals surface area contributed by atoms with E-state index in [2.05, 4.69) is 16.0 Å². The van der Waals surface area contributed by atoms with Crippen molar-refractivity contribution >= 4 is 82.5 Å². The van der Waals surface area contributed by atoms with Crippen molar-refractivity contribution in [1.82, 2.24) is 60.0 Å². The predicted molar refractivity (Wildman–Crippen MR) is 370 cm³/mol. The molecule has 3 aliphatic carbocycles. The smallest absolute Gasteiger partial charge is 0.343 e. The Morgan fingerprint density at radius 1 is 0.580 bits per heavy atom. The molecule has 12 amide bonds. The topological polar surface area (TPSA) is 270 Å². The van der Waals surface area contributed by atoms with Crippen LogP contribution in [0.5, 0.6) is 0 Å². The summed E-state index contributed by atoms with van der Waals surface area (Å²) in [5, 5.41) is 7.62. The highest BCUT2D eigenvalue weighted by Crippen LogP contribution is 2.44. The van der Waals surface area contributed by atoms with Gasteiger partial charge < -0.3 is 60.0 Å². The van der Waals surface area contributed by atoms with Crippen molar-refractivity contribution in [1.29, 1.82) is 0 Å². The van der Waals surface area contributed by atoms with Crippen LogP contribution in [0.25, 0.3) is 0 Å². The summed E-state index contributed by atoms with van der Waals surface area (Å²) < 4.78 is 42.1. The molecular weight excluding hydrogens is 1320 g/mol. The Kier molecular flexibility index (Phi) is 29.0. The maximum absolute atomic E-state index is 15.5. The number of hydrogen-bond donors (Lipinski definition) is 3. The van der Waals surface area contributed by atoms with Crippen LogP contribution in [0, 0.1) is 29.6 Å². The first-order chi connectivity index (χ1) is 47.2. The largest absolute Gasteiger partial charge is 0.393 e. The number of amides is 12. The molecule has 3 N–H and O–H groups in total. The van der Waals surface area contributed by atoms with E-state index < -0.39 is 173 Å². The molecule has 4 aliphatic heterocycles. The molecule has 0 aromatic carbocycles. The second-order valence-corrected chi connectivity index (χ2v) is 30.9. The third-order valence-corrected chi connectivity index (χ3v) is 24.2. The molecule has 7 aliphatic rings. The highest BCUT2D eigenvalue weighted by atomic mass is 35.5. The van der Waals surface area contributed by atoms with Crippen molar-refractivity contribution in [3.63, 3.8) is 0 Å². The SMILES string of the molecule is CCC[C@H]1C(=O)N[C@@H]([C@@H](C)CC)C(=O)N(C)[C@@H](C)C(=O)N2CC[C@H]2C(=O)N(C)[C@@H](CC2CCCCC2)C(=O)N(C)CC(=O)N[C@@H](CCC2CCC(C(F)(F)F)C(Cl)C2)C(=O)N2CCC[C@H]2C(=O)NC2(CCCC2)C(=O)N(C)[C@@H]([C@@H](C)CC)C(=O)N(C)[C@H](C(=O)N2CCCCC2)CC(=O)N1C. The summed E-state index contributed by atoms with van der Waals surface area (Å²) in [5.41, 5.74) is -1.56. The lowest BCUT2D eigenvalue weighted by Gasteiger charge is -2.45. The lowest BCUT2D eigenvalue weighted by molar-refractivity contribution is -0.182. The Morgan fingerprint density at radius 2 is 1.21 bits per heavy atom. The minimum atomic E-state index is -4.51. The first-order valence-electron chi connectivity index (χ1n) is 37.3. The van der Waals surface area contributed by atoms with Gasteiger partial charge in [0.05, 0.1) is 18.9 Å². The zero-order valence-corrected chi connectivity index (χ0v) is 62.3. The van der Waals surface area contributed by atoms with Crippen molar-refractivity contribution in [2.24, 2.45) is 29.6 Å². The zero-order chi connectivity index (χ0) is 73.8. The first-order valence-corrected chi connectivity index (χ1v) is 37.8. The molecule has 14 atom stereocenters. The molecule has 0 aromatic heterocycles. The van der Waals surface area contributed by atoms with Crippen LogP contribution in [-0.4, -0.2) is 261 Å². The molecule has 564 valence electrons. The van der Waals surface area contributed by atoms with Crippen LogP contribution in [-0.2, 0) is 57.5 Å². The molecule has 4 heterocycles. The highest BCUT2D eigenvalue weighted by Gasteiger charge is 2.52. The molecular formula is C72H116ClF3N12O12. The van der Waals surface area contributed by atoms with Crippen molar-refractivity contribution < 1.29 is 70.7 Å². The maximum atomic E-state index is 15.5. The predicted octanol–water partition coefficient (Wildman–Crippen LogP) is 6.24. The second-order valence-electron chi connectivity index (χ2n) is 30.4. The lowest BCUT2D eigenvalue weighted by Crippen LogP contribution is -2.65. The van der Waals surface area contributed by atoms with Crippen LogP contribution in [0.3, 0.4) is 0 Å². The number of carbonyl (C=O) groups is 12. The average molecular weight is 1430 g/mol. The number of fused-ring (bicyclic) bond motifs is 2. The number of alkyl halides is 4. The minimum absolute atomic E-state index is 0.00182. The van der Waals surface area contributed by atoms with Crippen molar-refractivity contribution in [3.05, 3.63) is 0 Å². The Morgan fingerprint density at radius 3 is 1.80 bits per heavy atom. The van der Waals surface area contributed by atoms with Gasteiger partial charge >= 0.3 is 6.18 Å². The Hall–Kier alpha value is -6.28. The fourth-order valence-corrected chi connectivity index (χ4v) is 17.0. The maximum Gasteiger partial charge on any atom is 0.393 e. The van der Waals surface area contributed by atoms with Gasteiger partial charge in [0.15, 0.2) is 0 Å². The van der Waals surface area contributed by atoms with Gasteiger partial charge in [-0.05, 0) is 127 Å². The Bertz CT molecular complexity index is 2930. The number of piperidine rings is 1. The van der Waals surface area contributed by atoms with Crippen LogP contribution in [0.15, 0.2) is 0 Å². The first kappa shape index (κ1) is 81.0. The van der Waals surface area contributed by atoms with E-state index in [1.165, 1.54) is 88.4 Å². The van der Waals surface area contributed by atoms with Crippen molar-refractivity contribution in [2.45, 2.75) is 280 Å². The van der Waals surface area contributed by atoms with E-state index in [1.54, 1.807) is 18.7 Å². The number of likely N-dealkylation sites (N-methyl/N-ethyl adjacent to an activating group) is 6. The molecule has 7 fully saturated rings. The van der Waals surface area contributed by atoms with Crippen LogP contribution in [0.4, 0.5) is 13.2 Å². The fraction of sp³-hybridized carbons (Fsp3) is 0.833. The molecule has 3 unspecified atom stereocenters. The fourth-order valence-electron chi connectivity index (χ4n) is 16.5. The van der Waals surface area contributed by atoms with Crippen LogP contribution < -0.4 is 16.0 Å². The third-order valence-electron chi connectivity index (χ3n) is 23.7. The molecule has 24 nitrogen and oxygen atoms in total. The van der Waals surface area contributed by atoms with Gasteiger partial charge in [-0.2, -0.15) is 13.2 Å².